The summed E-state index contributed by atoms with van der Waals surface area (Å²) < 4.78 is 0. The van der Waals surface area contributed by atoms with Crippen LogP contribution >= 0.6 is 11.8 Å². The van der Waals surface area contributed by atoms with Gasteiger partial charge in [0.15, 0.2) is 0 Å². The Labute approximate surface area is 112 Å². The van der Waals surface area contributed by atoms with Crippen LogP contribution < -0.4 is 5.73 Å². The van der Waals surface area contributed by atoms with Crippen molar-refractivity contribution in [2.75, 3.05) is 5.73 Å². The van der Waals surface area contributed by atoms with Crippen LogP contribution in [0.5, 0.6) is 0 Å². The zero-order chi connectivity index (χ0) is 12.4. The number of aromatic nitrogens is 1. The number of fused-ring (bicyclic) bond motifs is 1. The minimum absolute atomic E-state index is 0.762. The third-order valence-electron chi connectivity index (χ3n) is 3.53. The van der Waals surface area contributed by atoms with Crippen LogP contribution in [0.2, 0.25) is 0 Å². The fourth-order valence-electron chi connectivity index (χ4n) is 2.54. The highest BCUT2D eigenvalue weighted by Gasteiger charge is 2.15. The van der Waals surface area contributed by atoms with E-state index in [0.29, 0.717) is 0 Å². The number of nitrogens with two attached hydrogens (primary N) is 1. The van der Waals surface area contributed by atoms with E-state index in [2.05, 4.69) is 12.1 Å². The van der Waals surface area contributed by atoms with Crippen LogP contribution in [0.4, 0.5) is 5.69 Å². The molecule has 0 radical (unpaired) electrons. The van der Waals surface area contributed by atoms with Crippen LogP contribution in [0.1, 0.15) is 32.1 Å². The second-order valence-corrected chi connectivity index (χ2v) is 6.30. The van der Waals surface area contributed by atoms with E-state index >= 15 is 0 Å². The Kier molecular flexibility index (Phi) is 3.41. The molecule has 2 nitrogen and oxygen atoms in total. The lowest BCUT2D eigenvalue weighted by Gasteiger charge is -2.20. The summed E-state index contributed by atoms with van der Waals surface area (Å²) in [5, 5.41) is 3.04. The van der Waals surface area contributed by atoms with E-state index in [9.17, 15) is 0 Å². The van der Waals surface area contributed by atoms with Gasteiger partial charge in [0, 0.05) is 16.3 Å². The van der Waals surface area contributed by atoms with Crippen molar-refractivity contribution in [1.29, 1.82) is 0 Å². The summed E-state index contributed by atoms with van der Waals surface area (Å²) in [4.78, 5) is 4.72. The minimum Gasteiger partial charge on any atom is -0.399 e. The fourth-order valence-corrected chi connectivity index (χ4v) is 3.75. The molecule has 0 saturated heterocycles. The summed E-state index contributed by atoms with van der Waals surface area (Å²) in [7, 11) is 0. The molecule has 1 saturated carbocycles. The maximum absolute atomic E-state index is 5.78. The van der Waals surface area contributed by atoms with E-state index in [1.807, 2.05) is 30.0 Å². The highest BCUT2D eigenvalue weighted by molar-refractivity contribution is 7.99. The molecule has 0 spiro atoms. The molecule has 0 amide bonds. The van der Waals surface area contributed by atoms with Gasteiger partial charge in [-0.3, -0.25) is 0 Å². The van der Waals surface area contributed by atoms with Crippen LogP contribution in [-0.2, 0) is 0 Å². The molecule has 2 aromatic rings. The first-order chi connectivity index (χ1) is 8.81. The first-order valence-electron chi connectivity index (χ1n) is 6.64. The topological polar surface area (TPSA) is 38.9 Å². The largest absolute Gasteiger partial charge is 0.399 e. The fraction of sp³-hybridized carbons (Fsp3) is 0.400. The van der Waals surface area contributed by atoms with Gasteiger partial charge in [0.05, 0.1) is 10.5 Å². The monoisotopic (exact) mass is 258 g/mol. The zero-order valence-electron chi connectivity index (χ0n) is 10.4. The van der Waals surface area contributed by atoms with Gasteiger partial charge in [-0.05, 0) is 37.1 Å². The smallest absolute Gasteiger partial charge is 0.0970 e. The van der Waals surface area contributed by atoms with Gasteiger partial charge in [-0.25, -0.2) is 4.98 Å². The first kappa shape index (κ1) is 11.8. The quantitative estimate of drug-likeness (QED) is 0.819. The number of thioether (sulfide) groups is 1. The molecule has 94 valence electrons. The molecule has 0 bridgehead atoms. The minimum atomic E-state index is 0.762. The number of nitrogen functional groups attached to an aromatic ring is 1. The lowest BCUT2D eigenvalue weighted by atomic mass is 10.0. The lowest BCUT2D eigenvalue weighted by molar-refractivity contribution is 0.516. The second kappa shape index (κ2) is 5.19. The average Bonchev–Trinajstić information content (AvgIpc) is 2.40. The number of nitrogens with zero attached hydrogens (tertiary/aromatic N) is 1. The van der Waals surface area contributed by atoms with E-state index in [1.54, 1.807) is 0 Å². The molecule has 1 heterocycles. The van der Waals surface area contributed by atoms with Gasteiger partial charge >= 0.3 is 0 Å². The van der Waals surface area contributed by atoms with Crippen LogP contribution in [0.3, 0.4) is 0 Å². The number of rotatable bonds is 2. The van der Waals surface area contributed by atoms with E-state index in [1.165, 1.54) is 32.1 Å². The van der Waals surface area contributed by atoms with Crippen molar-refractivity contribution in [3.8, 4) is 0 Å². The normalized spacial score (nSPS) is 17.1. The third-order valence-corrected chi connectivity index (χ3v) is 4.80. The number of benzene rings is 1. The van der Waals surface area contributed by atoms with Crippen LogP contribution in [0, 0.1) is 0 Å². The summed E-state index contributed by atoms with van der Waals surface area (Å²) in [6.07, 6.45) is 6.84. The van der Waals surface area contributed by atoms with Crippen molar-refractivity contribution >= 4 is 28.4 Å². The molecule has 2 N–H and O–H groups in total. The summed E-state index contributed by atoms with van der Waals surface area (Å²) >= 11 is 1.94. The van der Waals surface area contributed by atoms with Gasteiger partial charge in [-0.2, -0.15) is 0 Å². The zero-order valence-corrected chi connectivity index (χ0v) is 11.2. The summed E-state index contributed by atoms with van der Waals surface area (Å²) in [5.74, 6) is 0. The van der Waals surface area contributed by atoms with Crippen molar-refractivity contribution in [3.05, 3.63) is 30.3 Å². The Balaban J connectivity index is 1.82. The maximum Gasteiger partial charge on any atom is 0.0970 e. The molecule has 0 unspecified atom stereocenters. The van der Waals surface area contributed by atoms with Crippen LogP contribution in [0.15, 0.2) is 35.4 Å². The van der Waals surface area contributed by atoms with E-state index in [4.69, 9.17) is 10.7 Å². The summed E-state index contributed by atoms with van der Waals surface area (Å²) in [6.45, 7) is 0. The number of anilines is 1. The van der Waals surface area contributed by atoms with Crippen LogP contribution in [-0.4, -0.2) is 10.2 Å². The molecular formula is C15H18N2S. The van der Waals surface area contributed by atoms with Crippen molar-refractivity contribution in [2.24, 2.45) is 0 Å². The predicted octanol–water partition coefficient (Wildman–Crippen LogP) is 4.24. The van der Waals surface area contributed by atoms with Crippen molar-refractivity contribution in [2.45, 2.75) is 42.4 Å². The molecule has 1 aromatic heterocycles. The van der Waals surface area contributed by atoms with Crippen molar-refractivity contribution in [1.82, 2.24) is 4.98 Å². The van der Waals surface area contributed by atoms with Gasteiger partial charge < -0.3 is 5.73 Å². The Morgan fingerprint density at radius 2 is 1.89 bits per heavy atom. The third kappa shape index (κ3) is 2.61. The highest BCUT2D eigenvalue weighted by Crippen LogP contribution is 2.33. The maximum atomic E-state index is 5.78. The van der Waals surface area contributed by atoms with Gasteiger partial charge in [0.1, 0.15) is 0 Å². The molecular weight excluding hydrogens is 240 g/mol. The van der Waals surface area contributed by atoms with E-state index < -0.39 is 0 Å². The Hall–Kier alpha value is -1.22. The number of hydrogen-bond donors (Lipinski definition) is 1. The highest BCUT2D eigenvalue weighted by atomic mass is 32.2. The molecule has 0 aliphatic heterocycles. The van der Waals surface area contributed by atoms with Crippen LogP contribution in [0.25, 0.3) is 10.9 Å². The molecule has 1 aliphatic carbocycles. The van der Waals surface area contributed by atoms with Crippen molar-refractivity contribution < 1.29 is 0 Å². The second-order valence-electron chi connectivity index (χ2n) is 4.98. The van der Waals surface area contributed by atoms with Crippen molar-refractivity contribution in [3.63, 3.8) is 0 Å². The molecule has 0 atom stereocenters. The van der Waals surface area contributed by atoms with Gasteiger partial charge in [0.2, 0.25) is 0 Å². The molecule has 1 aliphatic rings. The van der Waals surface area contributed by atoms with E-state index in [-0.39, 0.29) is 0 Å². The molecule has 3 heteroatoms. The Morgan fingerprint density at radius 3 is 2.72 bits per heavy atom. The Bertz CT molecular complexity index is 547. The first-order valence-corrected chi connectivity index (χ1v) is 7.52. The van der Waals surface area contributed by atoms with Gasteiger partial charge in [-0.1, -0.05) is 25.3 Å². The SMILES string of the molecule is Nc1ccc2nc(SC3CCCCC3)ccc2c1. The summed E-state index contributed by atoms with van der Waals surface area (Å²) in [5.41, 5.74) is 7.63. The standard InChI is InChI=1S/C15H18N2S/c16-12-7-8-14-11(10-12)6-9-15(17-14)18-13-4-2-1-3-5-13/h6-10,13H,1-5,16H2. The molecule has 1 fully saturated rings. The Morgan fingerprint density at radius 1 is 1.06 bits per heavy atom. The summed E-state index contributed by atoms with van der Waals surface area (Å²) in [6, 6.07) is 10.2. The van der Waals surface area contributed by atoms with Gasteiger partial charge in [-0.15, -0.1) is 11.8 Å². The molecule has 18 heavy (non-hydrogen) atoms. The van der Waals surface area contributed by atoms with E-state index in [0.717, 1.165) is 26.9 Å². The number of pyridine rings is 1. The lowest BCUT2D eigenvalue weighted by Crippen LogP contribution is -2.07. The average molecular weight is 258 g/mol. The molecule has 1 aromatic carbocycles. The number of hydrogen-bond acceptors (Lipinski definition) is 3. The predicted molar refractivity (Wildman–Crippen MR) is 78.9 cm³/mol. The van der Waals surface area contributed by atoms with Gasteiger partial charge in [0.25, 0.3) is 0 Å². The molecule has 3 rings (SSSR count).